The number of pyridine rings is 1. The number of nitrogens with zero attached hydrogens (tertiary/aromatic N) is 3. The second-order valence-electron chi connectivity index (χ2n) is 8.96. The number of nitrogens with one attached hydrogen (secondary N) is 2. The normalized spacial score (nSPS) is 20.5. The van der Waals surface area contributed by atoms with E-state index in [1.54, 1.807) is 18.3 Å². The number of benzene rings is 1. The van der Waals surface area contributed by atoms with Crippen molar-refractivity contribution in [3.05, 3.63) is 84.2 Å². The summed E-state index contributed by atoms with van der Waals surface area (Å²) in [7, 11) is 0. The fourth-order valence-corrected chi connectivity index (χ4v) is 5.36. The first-order valence-electron chi connectivity index (χ1n) is 11.8. The van der Waals surface area contributed by atoms with E-state index in [4.69, 9.17) is 12.2 Å². The number of aromatic nitrogens is 2. The highest BCUT2D eigenvalue weighted by Gasteiger charge is 2.40. The van der Waals surface area contributed by atoms with E-state index in [2.05, 4.69) is 43.5 Å². The summed E-state index contributed by atoms with van der Waals surface area (Å²) in [5, 5.41) is 6.89. The minimum absolute atomic E-state index is 0.0660. The van der Waals surface area contributed by atoms with Crippen LogP contribution in [-0.2, 0) is 4.79 Å². The number of anilines is 1. The Labute approximate surface area is 204 Å². The lowest BCUT2D eigenvalue weighted by Crippen LogP contribution is -2.32. The van der Waals surface area contributed by atoms with E-state index in [1.807, 2.05) is 18.2 Å². The second-order valence-corrected chi connectivity index (χ2v) is 9.34. The molecule has 0 spiro atoms. The molecule has 1 aromatic carbocycles. The van der Waals surface area contributed by atoms with Gasteiger partial charge in [0.15, 0.2) is 5.11 Å². The Morgan fingerprint density at radius 1 is 1.15 bits per heavy atom. The molecule has 1 saturated heterocycles. The first-order valence-corrected chi connectivity index (χ1v) is 12.2. The summed E-state index contributed by atoms with van der Waals surface area (Å²) in [4.78, 5) is 19.3. The summed E-state index contributed by atoms with van der Waals surface area (Å²) >= 11 is 5.71. The molecule has 1 saturated carbocycles. The van der Waals surface area contributed by atoms with Crippen LogP contribution in [0.25, 0.3) is 0 Å². The molecule has 2 aromatic heterocycles. The molecule has 0 bridgehead atoms. The fourth-order valence-electron chi connectivity index (χ4n) is 5.02. The lowest BCUT2D eigenvalue weighted by atomic mass is 9.99. The maximum absolute atomic E-state index is 13.2. The molecule has 1 aliphatic heterocycles. The lowest BCUT2D eigenvalue weighted by molar-refractivity contribution is -0.116. The Morgan fingerprint density at radius 3 is 2.68 bits per heavy atom. The lowest BCUT2D eigenvalue weighted by Gasteiger charge is -2.27. The highest BCUT2D eigenvalue weighted by molar-refractivity contribution is 7.80. The molecular formula is C26H28FN5OS. The standard InChI is InChI=1S/C26H28FN5OS/c27-19-8-10-20(11-9-19)29-23(33)13-16-32-25(18-12-15-31(17-18)21-5-1-2-6-21)24(30-26(32)34)22-7-3-4-14-28-22/h3-4,7-12,14-15,17,21,24-25H,1-2,5-6,13,16H2,(H,29,33)(H,30,34)/t24-,25-/m0/s1. The van der Waals surface area contributed by atoms with Crippen LogP contribution in [0.2, 0.25) is 0 Å². The highest BCUT2D eigenvalue weighted by Crippen LogP contribution is 2.40. The van der Waals surface area contributed by atoms with Gasteiger partial charge in [-0.2, -0.15) is 0 Å². The molecule has 176 valence electrons. The van der Waals surface area contributed by atoms with Gasteiger partial charge in [-0.1, -0.05) is 18.9 Å². The van der Waals surface area contributed by atoms with E-state index >= 15 is 0 Å². The van der Waals surface area contributed by atoms with Gasteiger partial charge in [-0.15, -0.1) is 0 Å². The number of carbonyl (C=O) groups is 1. The summed E-state index contributed by atoms with van der Waals surface area (Å²) in [5.74, 6) is -0.475. The van der Waals surface area contributed by atoms with E-state index in [1.165, 1.54) is 37.8 Å². The monoisotopic (exact) mass is 477 g/mol. The van der Waals surface area contributed by atoms with Gasteiger partial charge in [-0.3, -0.25) is 9.78 Å². The summed E-state index contributed by atoms with van der Waals surface area (Å²) in [6.45, 7) is 0.460. The zero-order chi connectivity index (χ0) is 23.5. The number of thiocarbonyl (C=S) groups is 1. The number of halogens is 1. The predicted octanol–water partition coefficient (Wildman–Crippen LogP) is 5.14. The third-order valence-corrected chi connectivity index (χ3v) is 7.08. The summed E-state index contributed by atoms with van der Waals surface area (Å²) in [5.41, 5.74) is 2.65. The van der Waals surface area contributed by atoms with Crippen LogP contribution in [-0.4, -0.2) is 32.0 Å². The van der Waals surface area contributed by atoms with Crippen molar-refractivity contribution in [1.29, 1.82) is 0 Å². The van der Waals surface area contributed by atoms with Crippen LogP contribution >= 0.6 is 12.2 Å². The van der Waals surface area contributed by atoms with Crippen LogP contribution in [0.4, 0.5) is 10.1 Å². The summed E-state index contributed by atoms with van der Waals surface area (Å²) in [6, 6.07) is 14.2. The van der Waals surface area contributed by atoms with Crippen molar-refractivity contribution in [2.24, 2.45) is 0 Å². The first-order chi connectivity index (χ1) is 16.6. The van der Waals surface area contributed by atoms with E-state index in [0.29, 0.717) is 23.4 Å². The Balaban J connectivity index is 1.35. The average Bonchev–Trinajstić information content (AvgIpc) is 3.60. The molecule has 2 aliphatic rings. The van der Waals surface area contributed by atoms with Crippen molar-refractivity contribution in [2.45, 2.75) is 50.2 Å². The van der Waals surface area contributed by atoms with E-state index in [-0.39, 0.29) is 30.2 Å². The molecule has 1 amide bonds. The molecule has 5 rings (SSSR count). The molecule has 3 aromatic rings. The van der Waals surface area contributed by atoms with Gasteiger partial charge in [0, 0.05) is 43.3 Å². The first kappa shape index (κ1) is 22.5. The molecule has 1 aliphatic carbocycles. The van der Waals surface area contributed by atoms with Gasteiger partial charge in [0.2, 0.25) is 5.91 Å². The molecule has 34 heavy (non-hydrogen) atoms. The minimum atomic E-state index is -0.334. The van der Waals surface area contributed by atoms with Crippen LogP contribution in [0.5, 0.6) is 0 Å². The SMILES string of the molecule is O=C(CCN1C(=S)N[C@@H](c2ccccn2)[C@@H]1c1ccn(C2CCCC2)c1)Nc1ccc(F)cc1. The average molecular weight is 478 g/mol. The third kappa shape index (κ3) is 4.82. The number of hydrogen-bond acceptors (Lipinski definition) is 3. The summed E-state index contributed by atoms with van der Waals surface area (Å²) < 4.78 is 15.5. The number of carbonyl (C=O) groups excluding carboxylic acids is 1. The molecule has 0 radical (unpaired) electrons. The van der Waals surface area contributed by atoms with Gasteiger partial charge in [-0.25, -0.2) is 4.39 Å². The van der Waals surface area contributed by atoms with Gasteiger partial charge in [0.05, 0.1) is 17.8 Å². The highest BCUT2D eigenvalue weighted by atomic mass is 32.1. The number of amides is 1. The topological polar surface area (TPSA) is 62.2 Å². The quantitative estimate of drug-likeness (QED) is 0.462. The van der Waals surface area contributed by atoms with Crippen molar-refractivity contribution in [3.63, 3.8) is 0 Å². The van der Waals surface area contributed by atoms with E-state index < -0.39 is 0 Å². The van der Waals surface area contributed by atoms with Crippen LogP contribution < -0.4 is 10.6 Å². The predicted molar refractivity (Wildman–Crippen MR) is 134 cm³/mol. The van der Waals surface area contributed by atoms with Crippen LogP contribution in [0.1, 0.15) is 61.5 Å². The Kier molecular flexibility index (Phi) is 6.58. The minimum Gasteiger partial charge on any atom is -0.352 e. The van der Waals surface area contributed by atoms with Gasteiger partial charge < -0.3 is 20.1 Å². The molecule has 8 heteroatoms. The molecule has 6 nitrogen and oxygen atoms in total. The van der Waals surface area contributed by atoms with Crippen molar-refractivity contribution in [3.8, 4) is 0 Å². The smallest absolute Gasteiger partial charge is 0.226 e. The zero-order valence-corrected chi connectivity index (χ0v) is 19.7. The van der Waals surface area contributed by atoms with Crippen molar-refractivity contribution >= 4 is 28.9 Å². The van der Waals surface area contributed by atoms with Gasteiger partial charge in [-0.05, 0) is 73.1 Å². The molecule has 2 fully saturated rings. The van der Waals surface area contributed by atoms with Crippen LogP contribution in [0.15, 0.2) is 67.1 Å². The van der Waals surface area contributed by atoms with E-state index in [9.17, 15) is 9.18 Å². The maximum atomic E-state index is 13.2. The molecule has 0 unspecified atom stereocenters. The molecule has 3 heterocycles. The fraction of sp³-hybridized carbons (Fsp3) is 0.346. The van der Waals surface area contributed by atoms with Crippen molar-refractivity contribution < 1.29 is 9.18 Å². The Hall–Kier alpha value is -3.26. The molecular weight excluding hydrogens is 449 g/mol. The van der Waals surface area contributed by atoms with E-state index in [0.717, 1.165) is 11.3 Å². The Bertz CT molecular complexity index is 1140. The second kappa shape index (κ2) is 9.93. The van der Waals surface area contributed by atoms with Gasteiger partial charge in [0.1, 0.15) is 5.82 Å². The van der Waals surface area contributed by atoms with Gasteiger partial charge in [0.25, 0.3) is 0 Å². The Morgan fingerprint density at radius 2 is 1.94 bits per heavy atom. The number of rotatable bonds is 7. The van der Waals surface area contributed by atoms with Crippen LogP contribution in [0, 0.1) is 5.82 Å². The largest absolute Gasteiger partial charge is 0.352 e. The molecule has 2 atom stereocenters. The summed E-state index contributed by atoms with van der Waals surface area (Å²) in [6.07, 6.45) is 11.4. The van der Waals surface area contributed by atoms with Crippen molar-refractivity contribution in [2.75, 3.05) is 11.9 Å². The zero-order valence-electron chi connectivity index (χ0n) is 18.9. The number of hydrogen-bond donors (Lipinski definition) is 2. The third-order valence-electron chi connectivity index (χ3n) is 6.73. The van der Waals surface area contributed by atoms with Crippen molar-refractivity contribution in [1.82, 2.24) is 19.8 Å². The molecule has 2 N–H and O–H groups in total. The maximum Gasteiger partial charge on any atom is 0.226 e. The van der Waals surface area contributed by atoms with Crippen LogP contribution in [0.3, 0.4) is 0 Å². The van der Waals surface area contributed by atoms with Gasteiger partial charge >= 0.3 is 0 Å².